The molecule has 27 heavy (non-hydrogen) atoms. The molecule has 1 aliphatic rings. The first-order valence-corrected chi connectivity index (χ1v) is 8.42. The molecule has 0 unspecified atom stereocenters. The topological polar surface area (TPSA) is 64.2 Å². The summed E-state index contributed by atoms with van der Waals surface area (Å²) in [7, 11) is 0. The van der Waals surface area contributed by atoms with Gasteiger partial charge in [-0.05, 0) is 30.7 Å². The van der Waals surface area contributed by atoms with E-state index in [1.165, 1.54) is 36.8 Å². The Morgan fingerprint density at radius 3 is 2.30 bits per heavy atom. The highest BCUT2D eigenvalue weighted by Gasteiger charge is 2.45. The molecule has 0 fully saturated rings. The van der Waals surface area contributed by atoms with Gasteiger partial charge in [0, 0.05) is 29.5 Å². The van der Waals surface area contributed by atoms with Crippen molar-refractivity contribution in [3.05, 3.63) is 101 Å². The minimum absolute atomic E-state index is 0.287. The first-order valence-electron chi connectivity index (χ1n) is 8.42. The van der Waals surface area contributed by atoms with Crippen molar-refractivity contribution in [1.29, 1.82) is 0 Å². The average Bonchev–Trinajstić information content (AvgIpc) is 3.02. The molecule has 5 nitrogen and oxygen atoms in total. The summed E-state index contributed by atoms with van der Waals surface area (Å²) in [6.45, 7) is 1.92. The standard InChI is InChI=1S/C20H16F2N4O/c1-13-20(15-2-5-17(21)6-3-15,16-4-7-18(22)23-12-16)25-19(24-13)14-8-10-26(27)11-9-14/h2-13H,1H3,(H,24,25)/t13-,20-/m0/s1. The van der Waals surface area contributed by atoms with E-state index >= 15 is 0 Å². The molecule has 0 saturated heterocycles. The zero-order chi connectivity index (χ0) is 19.0. The van der Waals surface area contributed by atoms with Gasteiger partial charge < -0.3 is 10.5 Å². The number of pyridine rings is 2. The molecule has 0 bridgehead atoms. The lowest BCUT2D eigenvalue weighted by molar-refractivity contribution is -0.605. The van der Waals surface area contributed by atoms with E-state index < -0.39 is 11.5 Å². The number of hydrogen-bond donors (Lipinski definition) is 1. The molecule has 1 N–H and O–H groups in total. The summed E-state index contributed by atoms with van der Waals surface area (Å²) >= 11 is 0. The molecular weight excluding hydrogens is 350 g/mol. The normalized spacial score (nSPS) is 21.6. The second-order valence-electron chi connectivity index (χ2n) is 6.41. The number of nitrogens with one attached hydrogen (secondary N) is 1. The summed E-state index contributed by atoms with van der Waals surface area (Å²) in [5.74, 6) is -0.333. The van der Waals surface area contributed by atoms with E-state index in [9.17, 15) is 14.0 Å². The first-order chi connectivity index (χ1) is 13.0. The summed E-state index contributed by atoms with van der Waals surface area (Å²) in [6, 6.07) is 12.1. The average molecular weight is 366 g/mol. The lowest BCUT2D eigenvalue weighted by Crippen LogP contribution is -2.48. The van der Waals surface area contributed by atoms with Crippen molar-refractivity contribution in [3.8, 4) is 0 Å². The van der Waals surface area contributed by atoms with Crippen LogP contribution in [0.25, 0.3) is 0 Å². The minimum atomic E-state index is -0.840. The van der Waals surface area contributed by atoms with Gasteiger partial charge in [0.15, 0.2) is 12.4 Å². The fraction of sp³-hybridized carbons (Fsp3) is 0.150. The molecule has 0 radical (unpaired) electrons. The Hall–Kier alpha value is -3.35. The van der Waals surface area contributed by atoms with Gasteiger partial charge in [-0.3, -0.25) is 4.99 Å². The van der Waals surface area contributed by atoms with Crippen molar-refractivity contribution in [3.63, 3.8) is 0 Å². The van der Waals surface area contributed by atoms with Gasteiger partial charge in [-0.25, -0.2) is 9.37 Å². The fourth-order valence-corrected chi connectivity index (χ4v) is 3.45. The number of aromatic nitrogens is 2. The number of hydrogen-bond acceptors (Lipinski definition) is 4. The van der Waals surface area contributed by atoms with Gasteiger partial charge in [0.1, 0.15) is 17.2 Å². The Labute approximate surface area is 154 Å². The second kappa shape index (κ2) is 6.42. The van der Waals surface area contributed by atoms with Crippen LogP contribution in [0.3, 0.4) is 0 Å². The van der Waals surface area contributed by atoms with Crippen LogP contribution in [0.5, 0.6) is 0 Å². The molecule has 0 saturated carbocycles. The van der Waals surface area contributed by atoms with Gasteiger partial charge in [-0.1, -0.05) is 18.2 Å². The van der Waals surface area contributed by atoms with Gasteiger partial charge in [0.05, 0.1) is 6.04 Å². The van der Waals surface area contributed by atoms with Crippen molar-refractivity contribution in [1.82, 2.24) is 10.3 Å². The highest BCUT2D eigenvalue weighted by Crippen LogP contribution is 2.38. The molecule has 3 heterocycles. The van der Waals surface area contributed by atoms with Crippen molar-refractivity contribution >= 4 is 5.84 Å². The Bertz CT molecular complexity index is 941. The largest absolute Gasteiger partial charge is 0.619 e. The van der Waals surface area contributed by atoms with E-state index in [1.807, 2.05) is 6.92 Å². The molecule has 2 atom stereocenters. The molecule has 136 valence electrons. The molecule has 3 aromatic rings. The van der Waals surface area contributed by atoms with E-state index in [1.54, 1.807) is 30.3 Å². The van der Waals surface area contributed by atoms with Crippen LogP contribution in [0.4, 0.5) is 8.78 Å². The van der Waals surface area contributed by atoms with Crippen LogP contribution < -0.4 is 10.0 Å². The molecule has 0 aliphatic carbocycles. The summed E-state index contributed by atoms with van der Waals surface area (Å²) in [6.07, 6.45) is 4.24. The van der Waals surface area contributed by atoms with E-state index in [0.29, 0.717) is 16.1 Å². The number of aliphatic imine (C=N–C) groups is 1. The summed E-state index contributed by atoms with van der Waals surface area (Å²) in [4.78, 5) is 8.50. The Morgan fingerprint density at radius 1 is 1.00 bits per heavy atom. The van der Waals surface area contributed by atoms with Crippen molar-refractivity contribution < 1.29 is 13.5 Å². The van der Waals surface area contributed by atoms with Gasteiger partial charge in [-0.2, -0.15) is 9.12 Å². The monoisotopic (exact) mass is 366 g/mol. The highest BCUT2D eigenvalue weighted by atomic mass is 19.1. The zero-order valence-electron chi connectivity index (χ0n) is 14.4. The molecule has 7 heteroatoms. The molecule has 0 amide bonds. The number of nitrogens with zero attached hydrogens (tertiary/aromatic N) is 3. The Kier molecular flexibility index (Phi) is 4.07. The van der Waals surface area contributed by atoms with Crippen molar-refractivity contribution in [2.45, 2.75) is 18.5 Å². The third-order valence-corrected chi connectivity index (χ3v) is 4.82. The van der Waals surface area contributed by atoms with Gasteiger partial charge in [-0.15, -0.1) is 0 Å². The molecule has 1 aliphatic heterocycles. The van der Waals surface area contributed by atoms with Crippen LogP contribution in [0.15, 0.2) is 72.1 Å². The van der Waals surface area contributed by atoms with E-state index in [0.717, 1.165) is 11.1 Å². The number of amidine groups is 1. The second-order valence-corrected chi connectivity index (χ2v) is 6.41. The predicted molar refractivity (Wildman–Crippen MR) is 95.9 cm³/mol. The van der Waals surface area contributed by atoms with Crippen LogP contribution in [0.1, 0.15) is 23.6 Å². The molecular formula is C20H16F2N4O. The maximum atomic E-state index is 13.5. The third kappa shape index (κ3) is 2.91. The van der Waals surface area contributed by atoms with E-state index in [4.69, 9.17) is 4.99 Å². The summed E-state index contributed by atoms with van der Waals surface area (Å²) in [5.41, 5.74) is 1.38. The van der Waals surface area contributed by atoms with Crippen molar-refractivity contribution in [2.24, 2.45) is 4.99 Å². The Morgan fingerprint density at radius 2 is 1.67 bits per heavy atom. The zero-order valence-corrected chi connectivity index (χ0v) is 14.4. The minimum Gasteiger partial charge on any atom is -0.619 e. The van der Waals surface area contributed by atoms with Crippen LogP contribution >= 0.6 is 0 Å². The quantitative estimate of drug-likeness (QED) is 0.440. The smallest absolute Gasteiger partial charge is 0.212 e. The van der Waals surface area contributed by atoms with Crippen LogP contribution in [0.2, 0.25) is 0 Å². The predicted octanol–water partition coefficient (Wildman–Crippen LogP) is 2.68. The molecule has 2 aromatic heterocycles. The number of benzene rings is 1. The van der Waals surface area contributed by atoms with E-state index in [-0.39, 0.29) is 11.9 Å². The lowest BCUT2D eigenvalue weighted by atomic mass is 9.79. The SMILES string of the molecule is C[C@@H]1N=C(c2cc[n+]([O-])cc2)N[C@@]1(c1ccc(F)cc1)c1ccc(F)nc1. The van der Waals surface area contributed by atoms with Gasteiger partial charge >= 0.3 is 0 Å². The van der Waals surface area contributed by atoms with Crippen LogP contribution in [-0.4, -0.2) is 16.9 Å². The summed E-state index contributed by atoms with van der Waals surface area (Å²) in [5, 5.41) is 14.7. The van der Waals surface area contributed by atoms with Crippen molar-refractivity contribution in [2.75, 3.05) is 0 Å². The van der Waals surface area contributed by atoms with Gasteiger partial charge in [0.2, 0.25) is 5.95 Å². The van der Waals surface area contributed by atoms with E-state index in [2.05, 4.69) is 10.3 Å². The number of halogens is 2. The molecule has 4 rings (SSSR count). The molecule has 0 spiro atoms. The van der Waals surface area contributed by atoms with Crippen LogP contribution in [0, 0.1) is 17.0 Å². The van der Waals surface area contributed by atoms with Crippen LogP contribution in [-0.2, 0) is 5.54 Å². The Balaban J connectivity index is 1.83. The first kappa shape index (κ1) is 17.1. The maximum Gasteiger partial charge on any atom is 0.212 e. The maximum absolute atomic E-state index is 13.5. The molecule has 1 aromatic carbocycles. The fourth-order valence-electron chi connectivity index (χ4n) is 3.45. The highest BCUT2D eigenvalue weighted by molar-refractivity contribution is 6.01. The summed E-state index contributed by atoms with van der Waals surface area (Å²) < 4.78 is 27.6. The third-order valence-electron chi connectivity index (χ3n) is 4.82. The van der Waals surface area contributed by atoms with Gasteiger partial charge in [0.25, 0.3) is 0 Å². The lowest BCUT2D eigenvalue weighted by Gasteiger charge is -2.34. The number of rotatable bonds is 3.